The van der Waals surface area contributed by atoms with E-state index in [0.29, 0.717) is 18.1 Å². The molecule has 5 heteroatoms. The standard InChI is InChI=1S/C13H13N3O2/c1-2-18-11-6-4-3-5-9(11)10-7-8-15-13(16-10)12(14)17/h3-8H,2H2,1H3,(H2,14,17). The van der Waals surface area contributed by atoms with E-state index in [-0.39, 0.29) is 5.82 Å². The second-order valence-corrected chi connectivity index (χ2v) is 3.56. The van der Waals surface area contributed by atoms with Gasteiger partial charge in [-0.2, -0.15) is 0 Å². The molecule has 0 saturated carbocycles. The Morgan fingerprint density at radius 2 is 2.11 bits per heavy atom. The minimum Gasteiger partial charge on any atom is -0.493 e. The van der Waals surface area contributed by atoms with Gasteiger partial charge < -0.3 is 10.5 Å². The zero-order valence-electron chi connectivity index (χ0n) is 9.96. The maximum absolute atomic E-state index is 11.1. The zero-order chi connectivity index (χ0) is 13.0. The number of nitrogens with two attached hydrogens (primary N) is 1. The van der Waals surface area contributed by atoms with Gasteiger partial charge in [-0.1, -0.05) is 12.1 Å². The maximum Gasteiger partial charge on any atom is 0.286 e. The van der Waals surface area contributed by atoms with Crippen molar-refractivity contribution in [3.05, 3.63) is 42.4 Å². The summed E-state index contributed by atoms with van der Waals surface area (Å²) >= 11 is 0. The first kappa shape index (κ1) is 12.0. The number of amides is 1. The van der Waals surface area contributed by atoms with Crippen LogP contribution in [0, 0.1) is 0 Å². The number of benzene rings is 1. The van der Waals surface area contributed by atoms with Crippen LogP contribution in [0.4, 0.5) is 0 Å². The molecule has 0 saturated heterocycles. The SMILES string of the molecule is CCOc1ccccc1-c1ccnc(C(N)=O)n1. The van der Waals surface area contributed by atoms with Gasteiger partial charge in [-0.25, -0.2) is 9.97 Å². The van der Waals surface area contributed by atoms with Crippen molar-refractivity contribution in [2.75, 3.05) is 6.61 Å². The molecule has 1 aromatic heterocycles. The second kappa shape index (κ2) is 5.27. The minimum atomic E-state index is -0.647. The van der Waals surface area contributed by atoms with Crippen LogP contribution in [0.5, 0.6) is 5.75 Å². The summed E-state index contributed by atoms with van der Waals surface area (Å²) in [4.78, 5) is 19.0. The van der Waals surface area contributed by atoms with Gasteiger partial charge in [0.2, 0.25) is 5.82 Å². The number of ether oxygens (including phenoxy) is 1. The highest BCUT2D eigenvalue weighted by atomic mass is 16.5. The second-order valence-electron chi connectivity index (χ2n) is 3.56. The van der Waals surface area contributed by atoms with Crippen molar-refractivity contribution < 1.29 is 9.53 Å². The average molecular weight is 243 g/mol. The van der Waals surface area contributed by atoms with Crippen molar-refractivity contribution >= 4 is 5.91 Å². The van der Waals surface area contributed by atoms with E-state index in [1.165, 1.54) is 6.20 Å². The summed E-state index contributed by atoms with van der Waals surface area (Å²) in [5.41, 5.74) is 6.59. The van der Waals surface area contributed by atoms with E-state index in [1.54, 1.807) is 6.07 Å². The fourth-order valence-electron chi connectivity index (χ4n) is 1.59. The lowest BCUT2D eigenvalue weighted by Crippen LogP contribution is -2.15. The maximum atomic E-state index is 11.1. The van der Waals surface area contributed by atoms with Crippen molar-refractivity contribution in [3.8, 4) is 17.0 Å². The van der Waals surface area contributed by atoms with Gasteiger partial charge in [0.25, 0.3) is 5.91 Å². The van der Waals surface area contributed by atoms with Gasteiger partial charge in [0, 0.05) is 11.8 Å². The predicted octanol–water partition coefficient (Wildman–Crippen LogP) is 1.64. The first-order valence-corrected chi connectivity index (χ1v) is 5.57. The lowest BCUT2D eigenvalue weighted by molar-refractivity contribution is 0.0990. The molecule has 0 atom stereocenters. The van der Waals surface area contributed by atoms with Crippen molar-refractivity contribution in [2.45, 2.75) is 6.92 Å². The monoisotopic (exact) mass is 243 g/mol. The fourth-order valence-corrected chi connectivity index (χ4v) is 1.59. The molecule has 5 nitrogen and oxygen atoms in total. The lowest BCUT2D eigenvalue weighted by atomic mass is 10.1. The van der Waals surface area contributed by atoms with E-state index < -0.39 is 5.91 Å². The number of rotatable bonds is 4. The average Bonchev–Trinajstić information content (AvgIpc) is 2.40. The molecule has 1 heterocycles. The van der Waals surface area contributed by atoms with Crippen LogP contribution in [0.1, 0.15) is 17.5 Å². The molecule has 18 heavy (non-hydrogen) atoms. The van der Waals surface area contributed by atoms with E-state index in [9.17, 15) is 4.79 Å². The van der Waals surface area contributed by atoms with Crippen molar-refractivity contribution in [3.63, 3.8) is 0 Å². The number of hydrogen-bond acceptors (Lipinski definition) is 4. The minimum absolute atomic E-state index is 0.00111. The molecule has 92 valence electrons. The molecular formula is C13H13N3O2. The first-order valence-electron chi connectivity index (χ1n) is 5.57. The van der Waals surface area contributed by atoms with Gasteiger partial charge in [-0.05, 0) is 25.1 Å². The highest BCUT2D eigenvalue weighted by Crippen LogP contribution is 2.27. The summed E-state index contributed by atoms with van der Waals surface area (Å²) in [5.74, 6) is 0.0682. The number of carbonyl (C=O) groups excluding carboxylic acids is 1. The molecule has 0 aliphatic rings. The fraction of sp³-hybridized carbons (Fsp3) is 0.154. The molecular weight excluding hydrogens is 230 g/mol. The summed E-state index contributed by atoms with van der Waals surface area (Å²) in [5, 5.41) is 0. The van der Waals surface area contributed by atoms with Crippen molar-refractivity contribution in [1.29, 1.82) is 0 Å². The smallest absolute Gasteiger partial charge is 0.286 e. The Bertz CT molecular complexity index is 570. The zero-order valence-corrected chi connectivity index (χ0v) is 9.96. The van der Waals surface area contributed by atoms with Crippen LogP contribution in [0.2, 0.25) is 0 Å². The molecule has 0 spiro atoms. The molecule has 0 fully saturated rings. The van der Waals surface area contributed by atoms with Gasteiger partial charge in [0.1, 0.15) is 5.75 Å². The number of primary amides is 1. The highest BCUT2D eigenvalue weighted by Gasteiger charge is 2.10. The number of nitrogens with zero attached hydrogens (tertiary/aromatic N) is 2. The topological polar surface area (TPSA) is 78.1 Å². The molecule has 0 radical (unpaired) electrons. The summed E-state index contributed by atoms with van der Waals surface area (Å²) in [7, 11) is 0. The first-order chi connectivity index (χ1) is 8.72. The molecule has 0 unspecified atom stereocenters. The lowest BCUT2D eigenvalue weighted by Gasteiger charge is -2.09. The van der Waals surface area contributed by atoms with Crippen LogP contribution in [-0.4, -0.2) is 22.5 Å². The predicted molar refractivity (Wildman–Crippen MR) is 67.2 cm³/mol. The Hall–Kier alpha value is -2.43. The number of hydrogen-bond donors (Lipinski definition) is 1. The Morgan fingerprint density at radius 3 is 2.83 bits per heavy atom. The Balaban J connectivity index is 2.48. The summed E-state index contributed by atoms with van der Waals surface area (Å²) in [6.45, 7) is 2.47. The van der Waals surface area contributed by atoms with Crippen molar-refractivity contribution in [2.24, 2.45) is 5.73 Å². The molecule has 2 rings (SSSR count). The van der Waals surface area contributed by atoms with Gasteiger partial charge in [0.15, 0.2) is 0 Å². The van der Waals surface area contributed by atoms with Gasteiger partial charge in [-0.3, -0.25) is 4.79 Å². The quantitative estimate of drug-likeness (QED) is 0.885. The van der Waals surface area contributed by atoms with Gasteiger partial charge in [0.05, 0.1) is 12.3 Å². The van der Waals surface area contributed by atoms with E-state index in [1.807, 2.05) is 31.2 Å². The molecule has 1 amide bonds. The molecule has 0 aliphatic heterocycles. The van der Waals surface area contributed by atoms with Gasteiger partial charge >= 0.3 is 0 Å². The van der Waals surface area contributed by atoms with Crippen LogP contribution in [0.25, 0.3) is 11.3 Å². The number of aromatic nitrogens is 2. The molecule has 2 aromatic rings. The Labute approximate surface area is 105 Å². The van der Waals surface area contributed by atoms with E-state index >= 15 is 0 Å². The van der Waals surface area contributed by atoms with Crippen LogP contribution in [-0.2, 0) is 0 Å². The number of para-hydroxylation sites is 1. The van der Waals surface area contributed by atoms with E-state index in [4.69, 9.17) is 10.5 Å². The van der Waals surface area contributed by atoms with Crippen LogP contribution in [0.15, 0.2) is 36.5 Å². The van der Waals surface area contributed by atoms with E-state index in [0.717, 1.165) is 5.56 Å². The van der Waals surface area contributed by atoms with Crippen LogP contribution >= 0.6 is 0 Å². The third-order valence-electron chi connectivity index (χ3n) is 2.34. The number of carbonyl (C=O) groups is 1. The molecule has 0 bridgehead atoms. The Morgan fingerprint density at radius 1 is 1.33 bits per heavy atom. The van der Waals surface area contributed by atoms with E-state index in [2.05, 4.69) is 9.97 Å². The molecule has 2 N–H and O–H groups in total. The third kappa shape index (κ3) is 2.45. The Kier molecular flexibility index (Phi) is 3.52. The summed E-state index contributed by atoms with van der Waals surface area (Å²) in [6.07, 6.45) is 1.51. The summed E-state index contributed by atoms with van der Waals surface area (Å²) < 4.78 is 5.52. The van der Waals surface area contributed by atoms with Crippen molar-refractivity contribution in [1.82, 2.24) is 9.97 Å². The molecule has 1 aromatic carbocycles. The summed E-state index contributed by atoms with van der Waals surface area (Å²) in [6, 6.07) is 9.20. The third-order valence-corrected chi connectivity index (χ3v) is 2.34. The van der Waals surface area contributed by atoms with Gasteiger partial charge in [-0.15, -0.1) is 0 Å². The highest BCUT2D eigenvalue weighted by molar-refractivity contribution is 5.89. The normalized spacial score (nSPS) is 10.1. The van der Waals surface area contributed by atoms with Crippen LogP contribution < -0.4 is 10.5 Å². The molecule has 0 aliphatic carbocycles. The van der Waals surface area contributed by atoms with Crippen LogP contribution in [0.3, 0.4) is 0 Å². The largest absolute Gasteiger partial charge is 0.493 e.